The van der Waals surface area contributed by atoms with Crippen LogP contribution in [0.5, 0.6) is 11.5 Å². The van der Waals surface area contributed by atoms with Gasteiger partial charge in [0.25, 0.3) is 5.91 Å². The molecule has 3 aromatic rings. The number of ether oxygens (including phenoxy) is 2. The topological polar surface area (TPSA) is 135 Å². The third kappa shape index (κ3) is 5.93. The summed E-state index contributed by atoms with van der Waals surface area (Å²) in [4.78, 5) is 41.9. The molecule has 7 rings (SSSR count). The summed E-state index contributed by atoms with van der Waals surface area (Å²) in [5.41, 5.74) is 1.55. The predicted molar refractivity (Wildman–Crippen MR) is 181 cm³/mol. The summed E-state index contributed by atoms with van der Waals surface area (Å²) < 4.78 is 13.1. The Labute approximate surface area is 282 Å². The zero-order valence-electron chi connectivity index (χ0n) is 28.5. The fraction of sp³-hybridized carbons (Fsp3) is 0.514. The van der Waals surface area contributed by atoms with Gasteiger partial charge in [0.2, 0.25) is 5.91 Å². The second-order valence-electron chi connectivity index (χ2n) is 13.6. The molecule has 0 radical (unpaired) electrons. The van der Waals surface area contributed by atoms with Crippen molar-refractivity contribution in [2.45, 2.75) is 71.0 Å². The molecule has 4 saturated carbocycles. The Morgan fingerprint density at radius 3 is 2.06 bits per heavy atom. The van der Waals surface area contributed by atoms with Gasteiger partial charge in [0.1, 0.15) is 17.0 Å². The Morgan fingerprint density at radius 1 is 0.958 bits per heavy atom. The SMILES string of the molecule is CCN(CC)C(C)C(=O)NCc1ccc(-n2nc(C(=O)NC3(C(=O)O)C4CC5CC(C4)CC3C5)cc2-c2c(OC)cccc2OC)cc1. The number of aliphatic carboxylic acids is 1. The van der Waals surface area contributed by atoms with Gasteiger partial charge >= 0.3 is 5.97 Å². The van der Waals surface area contributed by atoms with Crippen LogP contribution in [0.25, 0.3) is 16.9 Å². The van der Waals surface area contributed by atoms with Crippen molar-refractivity contribution in [3.63, 3.8) is 0 Å². The highest BCUT2D eigenvalue weighted by Gasteiger charge is 2.62. The van der Waals surface area contributed by atoms with Gasteiger partial charge in [-0.2, -0.15) is 5.10 Å². The zero-order valence-corrected chi connectivity index (χ0v) is 28.5. The molecule has 0 aliphatic heterocycles. The van der Waals surface area contributed by atoms with Crippen molar-refractivity contribution in [3.05, 3.63) is 59.8 Å². The van der Waals surface area contributed by atoms with E-state index in [0.717, 1.165) is 44.3 Å². The molecule has 256 valence electrons. The third-order valence-electron chi connectivity index (χ3n) is 11.1. The highest BCUT2D eigenvalue weighted by atomic mass is 16.5. The maximum absolute atomic E-state index is 14.1. The van der Waals surface area contributed by atoms with E-state index in [0.29, 0.717) is 46.8 Å². The molecule has 4 aliphatic rings. The first-order chi connectivity index (χ1) is 23.1. The van der Waals surface area contributed by atoms with Crippen LogP contribution in [0.1, 0.15) is 68.9 Å². The molecule has 3 N–H and O–H groups in total. The summed E-state index contributed by atoms with van der Waals surface area (Å²) >= 11 is 0. The largest absolute Gasteiger partial charge is 0.496 e. The van der Waals surface area contributed by atoms with E-state index in [4.69, 9.17) is 14.6 Å². The molecule has 1 atom stereocenters. The number of aromatic nitrogens is 2. The Morgan fingerprint density at radius 2 is 1.54 bits per heavy atom. The van der Waals surface area contributed by atoms with E-state index < -0.39 is 17.4 Å². The quantitative estimate of drug-likeness (QED) is 0.236. The molecule has 1 unspecified atom stereocenters. The number of amides is 2. The van der Waals surface area contributed by atoms with Crippen molar-refractivity contribution in [2.24, 2.45) is 23.7 Å². The predicted octanol–water partition coefficient (Wildman–Crippen LogP) is 4.91. The van der Waals surface area contributed by atoms with Crippen LogP contribution in [0.15, 0.2) is 48.5 Å². The molecule has 48 heavy (non-hydrogen) atoms. The summed E-state index contributed by atoms with van der Waals surface area (Å²) in [7, 11) is 3.14. The molecule has 2 amide bonds. The van der Waals surface area contributed by atoms with Crippen LogP contribution in [0.3, 0.4) is 0 Å². The third-order valence-corrected chi connectivity index (χ3v) is 11.1. The van der Waals surface area contributed by atoms with E-state index in [2.05, 4.69) is 15.5 Å². The van der Waals surface area contributed by atoms with E-state index in [-0.39, 0.29) is 29.5 Å². The Hall–Kier alpha value is -4.38. The second-order valence-corrected chi connectivity index (χ2v) is 13.6. The van der Waals surface area contributed by atoms with Crippen LogP contribution in [0.2, 0.25) is 0 Å². The maximum atomic E-state index is 14.1. The lowest BCUT2D eigenvalue weighted by Crippen LogP contribution is -2.70. The Kier molecular flexibility index (Phi) is 9.51. The lowest BCUT2D eigenvalue weighted by atomic mass is 9.48. The van der Waals surface area contributed by atoms with Gasteiger partial charge in [-0.3, -0.25) is 14.5 Å². The van der Waals surface area contributed by atoms with Crippen LogP contribution >= 0.6 is 0 Å². The van der Waals surface area contributed by atoms with Gasteiger partial charge < -0.3 is 25.2 Å². The molecule has 1 aromatic heterocycles. The summed E-state index contributed by atoms with van der Waals surface area (Å²) in [6, 6.07) is 14.5. The van der Waals surface area contributed by atoms with E-state index in [9.17, 15) is 19.5 Å². The van der Waals surface area contributed by atoms with Crippen molar-refractivity contribution < 1.29 is 29.0 Å². The molecule has 4 aliphatic carbocycles. The molecule has 2 aromatic carbocycles. The lowest BCUT2D eigenvalue weighted by molar-refractivity contribution is -0.163. The molecular formula is C37H47N5O6. The summed E-state index contributed by atoms with van der Waals surface area (Å²) in [6.45, 7) is 7.94. The fourth-order valence-electron chi connectivity index (χ4n) is 8.79. The summed E-state index contributed by atoms with van der Waals surface area (Å²) in [5.74, 6) is 0.479. The van der Waals surface area contributed by atoms with Gasteiger partial charge in [-0.25, -0.2) is 9.48 Å². The summed E-state index contributed by atoms with van der Waals surface area (Å²) in [5, 5.41) is 21.5. The molecule has 0 saturated heterocycles. The van der Waals surface area contributed by atoms with E-state index in [1.54, 1.807) is 25.0 Å². The van der Waals surface area contributed by atoms with Crippen molar-refractivity contribution >= 4 is 17.8 Å². The number of methoxy groups -OCH3 is 2. The first-order valence-electron chi connectivity index (χ1n) is 17.1. The number of carbonyl (C=O) groups excluding carboxylic acids is 2. The van der Waals surface area contributed by atoms with Crippen LogP contribution in [0.4, 0.5) is 0 Å². The van der Waals surface area contributed by atoms with Gasteiger partial charge in [0, 0.05) is 6.54 Å². The molecule has 11 nitrogen and oxygen atoms in total. The number of carboxylic acid groups (broad SMARTS) is 1. The first kappa shape index (κ1) is 33.5. The molecular weight excluding hydrogens is 610 g/mol. The summed E-state index contributed by atoms with van der Waals surface area (Å²) in [6.07, 6.45) is 4.50. The number of likely N-dealkylation sites (N-methyl/N-ethyl adjacent to an activating group) is 1. The number of carbonyl (C=O) groups is 3. The normalized spacial score (nSPS) is 24.7. The minimum atomic E-state index is -1.30. The van der Waals surface area contributed by atoms with Crippen LogP contribution < -0.4 is 20.1 Å². The van der Waals surface area contributed by atoms with Gasteiger partial charge in [0.05, 0.1) is 37.2 Å². The van der Waals surface area contributed by atoms with Crippen LogP contribution in [-0.2, 0) is 16.1 Å². The number of hydrogen-bond donors (Lipinski definition) is 3. The molecule has 4 bridgehead atoms. The van der Waals surface area contributed by atoms with Crippen molar-refractivity contribution in [1.82, 2.24) is 25.3 Å². The average molecular weight is 658 g/mol. The Balaban J connectivity index is 1.32. The second kappa shape index (κ2) is 13.6. The van der Waals surface area contributed by atoms with Gasteiger partial charge in [-0.05, 0) is 112 Å². The minimum Gasteiger partial charge on any atom is -0.496 e. The maximum Gasteiger partial charge on any atom is 0.330 e. The minimum absolute atomic E-state index is 0.0330. The van der Waals surface area contributed by atoms with Gasteiger partial charge in [-0.15, -0.1) is 0 Å². The number of benzene rings is 2. The van der Waals surface area contributed by atoms with Crippen molar-refractivity contribution in [2.75, 3.05) is 27.3 Å². The molecule has 0 spiro atoms. The van der Waals surface area contributed by atoms with Gasteiger partial charge in [0.15, 0.2) is 5.69 Å². The van der Waals surface area contributed by atoms with E-state index in [1.807, 2.05) is 63.2 Å². The van der Waals surface area contributed by atoms with Gasteiger partial charge in [-0.1, -0.05) is 32.0 Å². The number of hydrogen-bond acceptors (Lipinski definition) is 7. The standard InChI is InChI=1S/C37H47N5O6/c1-6-41(7-2)22(3)34(43)38-21-23-11-13-28(14-12-23)42-30(33-31(47-4)9-8-10-32(33)48-5)20-29(40-42)35(44)39-37(36(45)46)26-16-24-15-25(18-26)19-27(37)17-24/h8-14,20,22,24-27H,6-7,15-19,21H2,1-5H3,(H,38,43)(H,39,44)(H,45,46). The molecule has 11 heteroatoms. The van der Waals surface area contributed by atoms with E-state index >= 15 is 0 Å². The van der Waals surface area contributed by atoms with Crippen LogP contribution in [0, 0.1) is 23.7 Å². The van der Waals surface area contributed by atoms with Crippen LogP contribution in [-0.4, -0.2) is 76.5 Å². The number of nitrogens with one attached hydrogen (secondary N) is 2. The number of rotatable bonds is 13. The lowest BCUT2D eigenvalue weighted by Gasteiger charge is -2.59. The Bertz CT molecular complexity index is 1610. The first-order valence-corrected chi connectivity index (χ1v) is 17.1. The molecule has 4 fully saturated rings. The van der Waals surface area contributed by atoms with Crippen molar-refractivity contribution in [1.29, 1.82) is 0 Å². The monoisotopic (exact) mass is 657 g/mol. The zero-order chi connectivity index (χ0) is 34.2. The number of nitrogens with zero attached hydrogens (tertiary/aromatic N) is 3. The highest BCUT2D eigenvalue weighted by molar-refractivity contribution is 5.98. The van der Waals surface area contributed by atoms with Crippen molar-refractivity contribution in [3.8, 4) is 28.4 Å². The molecule has 1 heterocycles. The highest BCUT2D eigenvalue weighted by Crippen LogP contribution is 2.58. The number of carboxylic acids is 1. The van der Waals surface area contributed by atoms with E-state index in [1.165, 1.54) is 6.42 Å². The smallest absolute Gasteiger partial charge is 0.330 e. The fourth-order valence-corrected chi connectivity index (χ4v) is 8.79. The average Bonchev–Trinajstić information content (AvgIpc) is 3.54.